The molecule has 270 valence electrons. The zero-order chi connectivity index (χ0) is 37.9. The molecular formula is C54H33N3O. The Morgan fingerprint density at radius 2 is 0.603 bits per heavy atom. The average molecular weight is 740 g/mol. The third-order valence-corrected chi connectivity index (χ3v) is 12.2. The quantitative estimate of drug-likeness (QED) is 0.177. The van der Waals surface area contributed by atoms with Crippen LogP contribution < -0.4 is 0 Å². The van der Waals surface area contributed by atoms with Gasteiger partial charge < -0.3 is 18.1 Å². The molecule has 0 bridgehead atoms. The molecule has 13 rings (SSSR count). The lowest BCUT2D eigenvalue weighted by atomic mass is 10.0. The Hall–Kier alpha value is -7.82. The number of para-hydroxylation sites is 5. The van der Waals surface area contributed by atoms with Crippen LogP contribution in [-0.2, 0) is 0 Å². The zero-order valence-electron chi connectivity index (χ0n) is 31.3. The van der Waals surface area contributed by atoms with Crippen molar-refractivity contribution in [2.45, 2.75) is 0 Å². The Bertz CT molecular complexity index is 3740. The molecule has 4 nitrogen and oxygen atoms in total. The fourth-order valence-electron chi connectivity index (χ4n) is 9.67. The molecule has 9 aromatic carbocycles. The van der Waals surface area contributed by atoms with Crippen molar-refractivity contribution in [3.05, 3.63) is 200 Å². The van der Waals surface area contributed by atoms with Crippen molar-refractivity contribution in [3.63, 3.8) is 0 Å². The molecule has 0 fully saturated rings. The molecule has 0 spiro atoms. The standard InChI is InChI=1S/C54H33N3O/c1-6-16-47-39(11-1)40-12-2-7-17-48(40)55(47)36-23-25-37(26-24-36)56-49-18-8-3-13-41(49)44-31-34(21-28-51(44)56)35-22-29-52-45(32-35)42-14-4-9-19-50(42)57(52)38-27-30-54-46(33-38)43-15-5-10-20-53(43)58-54/h1-33H. The minimum absolute atomic E-state index is 0.904. The number of benzene rings is 9. The highest BCUT2D eigenvalue weighted by Gasteiger charge is 2.18. The van der Waals surface area contributed by atoms with Gasteiger partial charge in [0.25, 0.3) is 0 Å². The van der Waals surface area contributed by atoms with Crippen LogP contribution in [0.4, 0.5) is 0 Å². The fraction of sp³-hybridized carbons (Fsp3) is 0. The normalized spacial score (nSPS) is 12.1. The highest BCUT2D eigenvalue weighted by atomic mass is 16.3. The van der Waals surface area contributed by atoms with E-state index in [1.165, 1.54) is 76.5 Å². The number of fused-ring (bicyclic) bond motifs is 12. The molecule has 0 saturated heterocycles. The maximum absolute atomic E-state index is 6.18. The first-order valence-corrected chi connectivity index (χ1v) is 19.8. The molecule has 0 aliphatic heterocycles. The molecule has 0 aliphatic carbocycles. The number of rotatable bonds is 4. The summed E-state index contributed by atoms with van der Waals surface area (Å²) in [5.74, 6) is 0. The molecule has 4 heteroatoms. The molecule has 0 atom stereocenters. The maximum atomic E-state index is 6.18. The second-order valence-corrected chi connectivity index (χ2v) is 15.3. The van der Waals surface area contributed by atoms with Gasteiger partial charge >= 0.3 is 0 Å². The summed E-state index contributed by atoms with van der Waals surface area (Å²) in [6, 6.07) is 72.6. The van der Waals surface area contributed by atoms with Crippen LogP contribution in [0.5, 0.6) is 0 Å². The first kappa shape index (κ1) is 31.4. The summed E-state index contributed by atoms with van der Waals surface area (Å²) in [6.45, 7) is 0. The van der Waals surface area contributed by atoms with E-state index in [2.05, 4.69) is 202 Å². The predicted molar refractivity (Wildman–Crippen MR) is 242 cm³/mol. The molecule has 4 heterocycles. The minimum Gasteiger partial charge on any atom is -0.456 e. The minimum atomic E-state index is 0.904. The second-order valence-electron chi connectivity index (χ2n) is 15.3. The van der Waals surface area contributed by atoms with Crippen LogP contribution in [0.25, 0.3) is 116 Å². The van der Waals surface area contributed by atoms with Gasteiger partial charge in [0.15, 0.2) is 0 Å². The number of hydrogen-bond acceptors (Lipinski definition) is 1. The number of nitrogens with zero attached hydrogens (tertiary/aromatic N) is 3. The lowest BCUT2D eigenvalue weighted by molar-refractivity contribution is 0.669. The Kier molecular flexibility index (Phi) is 6.41. The van der Waals surface area contributed by atoms with Crippen LogP contribution in [0.1, 0.15) is 0 Å². The summed E-state index contributed by atoms with van der Waals surface area (Å²) in [6.07, 6.45) is 0. The third kappa shape index (κ3) is 4.40. The number of hydrogen-bond donors (Lipinski definition) is 0. The molecule has 0 amide bonds. The summed E-state index contributed by atoms with van der Waals surface area (Å²) in [5.41, 5.74) is 14.8. The molecule has 0 saturated carbocycles. The summed E-state index contributed by atoms with van der Waals surface area (Å²) in [7, 11) is 0. The van der Waals surface area contributed by atoms with Crippen LogP contribution in [0.2, 0.25) is 0 Å². The molecule has 58 heavy (non-hydrogen) atoms. The van der Waals surface area contributed by atoms with Gasteiger partial charge in [-0.3, -0.25) is 0 Å². The molecule has 4 aromatic heterocycles. The molecule has 0 aliphatic rings. The van der Waals surface area contributed by atoms with Crippen molar-refractivity contribution < 1.29 is 4.42 Å². The van der Waals surface area contributed by atoms with Gasteiger partial charge in [-0.2, -0.15) is 0 Å². The SMILES string of the molecule is c1ccc2c(c1)oc1ccc(-n3c4ccccc4c4cc(-c5ccc6c(c5)c5ccccc5n6-c5ccc(-n6c7ccccc7c7ccccc76)cc5)ccc43)cc12. The lowest BCUT2D eigenvalue weighted by Crippen LogP contribution is -1.97. The Morgan fingerprint density at radius 3 is 1.10 bits per heavy atom. The van der Waals surface area contributed by atoms with E-state index >= 15 is 0 Å². The highest BCUT2D eigenvalue weighted by Crippen LogP contribution is 2.40. The molecule has 0 radical (unpaired) electrons. The Morgan fingerprint density at radius 1 is 0.241 bits per heavy atom. The van der Waals surface area contributed by atoms with Gasteiger partial charge in [-0.25, -0.2) is 0 Å². The Balaban J connectivity index is 0.937. The molecule has 0 unspecified atom stereocenters. The lowest BCUT2D eigenvalue weighted by Gasteiger charge is -2.12. The van der Waals surface area contributed by atoms with Gasteiger partial charge in [0.2, 0.25) is 0 Å². The van der Waals surface area contributed by atoms with Gasteiger partial charge in [0, 0.05) is 60.2 Å². The smallest absolute Gasteiger partial charge is 0.135 e. The molecule has 13 aromatic rings. The van der Waals surface area contributed by atoms with Crippen LogP contribution in [-0.4, -0.2) is 13.7 Å². The van der Waals surface area contributed by atoms with Crippen molar-refractivity contribution >= 4 is 87.4 Å². The van der Waals surface area contributed by atoms with Gasteiger partial charge in [-0.15, -0.1) is 0 Å². The molecule has 0 N–H and O–H groups in total. The van der Waals surface area contributed by atoms with Crippen molar-refractivity contribution in [1.29, 1.82) is 0 Å². The van der Waals surface area contributed by atoms with Gasteiger partial charge in [-0.1, -0.05) is 103 Å². The Labute approximate surface area is 332 Å². The largest absolute Gasteiger partial charge is 0.456 e. The number of aromatic nitrogens is 3. The van der Waals surface area contributed by atoms with E-state index in [-0.39, 0.29) is 0 Å². The van der Waals surface area contributed by atoms with Crippen molar-refractivity contribution in [1.82, 2.24) is 13.7 Å². The predicted octanol–water partition coefficient (Wildman–Crippen LogP) is 14.5. The van der Waals surface area contributed by atoms with Crippen LogP contribution in [0.3, 0.4) is 0 Å². The maximum Gasteiger partial charge on any atom is 0.135 e. The van der Waals surface area contributed by atoms with Crippen molar-refractivity contribution in [2.75, 3.05) is 0 Å². The zero-order valence-corrected chi connectivity index (χ0v) is 31.3. The summed E-state index contributed by atoms with van der Waals surface area (Å²) in [4.78, 5) is 0. The third-order valence-electron chi connectivity index (χ3n) is 12.2. The van der Waals surface area contributed by atoms with Crippen molar-refractivity contribution in [3.8, 4) is 28.2 Å². The van der Waals surface area contributed by atoms with E-state index in [1.807, 2.05) is 12.1 Å². The van der Waals surface area contributed by atoms with Gasteiger partial charge in [0.05, 0.1) is 33.1 Å². The van der Waals surface area contributed by atoms with Crippen molar-refractivity contribution in [2.24, 2.45) is 0 Å². The van der Waals surface area contributed by atoms with E-state index in [9.17, 15) is 0 Å². The first-order valence-electron chi connectivity index (χ1n) is 19.8. The van der Waals surface area contributed by atoms with Gasteiger partial charge in [-0.05, 0) is 108 Å². The van der Waals surface area contributed by atoms with Crippen LogP contribution in [0.15, 0.2) is 205 Å². The molecular weight excluding hydrogens is 707 g/mol. The van der Waals surface area contributed by atoms with E-state index in [0.717, 1.165) is 39.0 Å². The second kappa shape index (κ2) is 11.8. The first-order chi connectivity index (χ1) is 28.8. The monoisotopic (exact) mass is 739 g/mol. The van der Waals surface area contributed by atoms with E-state index in [4.69, 9.17) is 4.42 Å². The van der Waals surface area contributed by atoms with E-state index < -0.39 is 0 Å². The van der Waals surface area contributed by atoms with Gasteiger partial charge in [0.1, 0.15) is 11.2 Å². The summed E-state index contributed by atoms with van der Waals surface area (Å²) < 4.78 is 13.3. The average Bonchev–Trinajstić information content (AvgIpc) is 4.02. The summed E-state index contributed by atoms with van der Waals surface area (Å²) in [5, 5.41) is 9.75. The van der Waals surface area contributed by atoms with E-state index in [0.29, 0.717) is 0 Å². The highest BCUT2D eigenvalue weighted by molar-refractivity contribution is 6.14. The van der Waals surface area contributed by atoms with E-state index in [1.54, 1.807) is 0 Å². The summed E-state index contributed by atoms with van der Waals surface area (Å²) >= 11 is 0. The van der Waals surface area contributed by atoms with Crippen LogP contribution >= 0.6 is 0 Å². The topological polar surface area (TPSA) is 27.9 Å². The fourth-order valence-corrected chi connectivity index (χ4v) is 9.67. The number of furan rings is 1. The van der Waals surface area contributed by atoms with Crippen LogP contribution in [0, 0.1) is 0 Å².